The molecule has 6 rings (SSSR count). The molecule has 1 aromatic heterocycles. The molecule has 5 nitrogen and oxygen atoms in total. The number of carbonyl (C=O) groups excluding carboxylic acids is 1. The van der Waals surface area contributed by atoms with Crippen molar-refractivity contribution in [1.29, 1.82) is 0 Å². The van der Waals surface area contributed by atoms with Gasteiger partial charge in [-0.25, -0.2) is 0 Å². The van der Waals surface area contributed by atoms with E-state index in [0.29, 0.717) is 19.3 Å². The maximum Gasteiger partial charge on any atom is 0.234 e. The lowest BCUT2D eigenvalue weighted by Gasteiger charge is -2.48. The van der Waals surface area contributed by atoms with Crippen LogP contribution in [0.2, 0.25) is 0 Å². The van der Waals surface area contributed by atoms with Crippen LogP contribution in [0.15, 0.2) is 146 Å². The van der Waals surface area contributed by atoms with Crippen LogP contribution >= 0.6 is 0 Å². The first-order valence-corrected chi connectivity index (χ1v) is 15.5. The summed E-state index contributed by atoms with van der Waals surface area (Å²) in [6.45, 7) is 2.20. The Morgan fingerprint density at radius 1 is 0.733 bits per heavy atom. The Morgan fingerprint density at radius 2 is 1.27 bits per heavy atom. The van der Waals surface area contributed by atoms with E-state index in [1.165, 1.54) is 10.9 Å². The van der Waals surface area contributed by atoms with Crippen molar-refractivity contribution in [1.82, 2.24) is 15.4 Å². The molecule has 2 N–H and O–H groups in total. The van der Waals surface area contributed by atoms with Crippen molar-refractivity contribution in [2.75, 3.05) is 7.11 Å². The molecule has 0 radical (unpaired) electrons. The molecule has 0 aliphatic rings. The van der Waals surface area contributed by atoms with Crippen molar-refractivity contribution < 1.29 is 9.53 Å². The predicted molar refractivity (Wildman–Crippen MR) is 182 cm³/mol. The predicted octanol–water partition coefficient (Wildman–Crippen LogP) is 8.07. The second kappa shape index (κ2) is 13.7. The first-order valence-electron chi connectivity index (χ1n) is 15.5. The fourth-order valence-corrected chi connectivity index (χ4v) is 6.54. The fourth-order valence-electron chi connectivity index (χ4n) is 6.54. The summed E-state index contributed by atoms with van der Waals surface area (Å²) in [7, 11) is 1.67. The molecule has 1 heterocycles. The lowest BCUT2D eigenvalue weighted by atomic mass is 9.75. The Bertz CT molecular complexity index is 1740. The topological polar surface area (TPSA) is 57.4 Å². The van der Waals surface area contributed by atoms with E-state index < -0.39 is 5.54 Å². The van der Waals surface area contributed by atoms with E-state index in [2.05, 4.69) is 120 Å². The highest BCUT2D eigenvalue weighted by atomic mass is 16.5. The maximum atomic E-state index is 14.1. The average Bonchev–Trinajstić information content (AvgIpc) is 3.51. The van der Waals surface area contributed by atoms with Gasteiger partial charge in [-0.2, -0.15) is 5.01 Å². The molecule has 226 valence electrons. The van der Waals surface area contributed by atoms with E-state index in [-0.39, 0.29) is 11.9 Å². The Morgan fingerprint density at radius 3 is 1.87 bits per heavy atom. The van der Waals surface area contributed by atoms with Gasteiger partial charge in [0.15, 0.2) is 0 Å². The molecule has 1 amide bonds. The van der Waals surface area contributed by atoms with Crippen molar-refractivity contribution in [2.24, 2.45) is 0 Å². The number of para-hydroxylation sites is 2. The molecule has 0 fully saturated rings. The van der Waals surface area contributed by atoms with Crippen LogP contribution in [-0.4, -0.2) is 29.1 Å². The number of fused-ring (bicyclic) bond motifs is 1. The zero-order valence-electron chi connectivity index (χ0n) is 25.8. The van der Waals surface area contributed by atoms with Crippen molar-refractivity contribution in [3.8, 4) is 5.75 Å². The average molecular weight is 594 g/mol. The summed E-state index contributed by atoms with van der Waals surface area (Å²) in [5.41, 5.74) is 9.16. The summed E-state index contributed by atoms with van der Waals surface area (Å²) in [5, 5.41) is 3.39. The highest BCUT2D eigenvalue weighted by Gasteiger charge is 2.45. The number of carbonyl (C=O) groups is 1. The summed E-state index contributed by atoms with van der Waals surface area (Å²) >= 11 is 0. The number of benzene rings is 5. The van der Waals surface area contributed by atoms with E-state index in [4.69, 9.17) is 4.74 Å². The van der Waals surface area contributed by atoms with Gasteiger partial charge in [0.1, 0.15) is 11.3 Å². The van der Waals surface area contributed by atoms with Gasteiger partial charge in [0.2, 0.25) is 5.91 Å². The Labute approximate surface area is 265 Å². The zero-order chi connectivity index (χ0) is 31.1. The van der Waals surface area contributed by atoms with Gasteiger partial charge in [-0.05, 0) is 59.7 Å². The molecule has 0 aliphatic heterocycles. The smallest absolute Gasteiger partial charge is 0.234 e. The molecular formula is C40H39N3O2. The first-order chi connectivity index (χ1) is 22.1. The van der Waals surface area contributed by atoms with E-state index in [1.54, 1.807) is 7.11 Å². The van der Waals surface area contributed by atoms with Crippen molar-refractivity contribution in [3.63, 3.8) is 0 Å². The van der Waals surface area contributed by atoms with Gasteiger partial charge >= 0.3 is 0 Å². The van der Waals surface area contributed by atoms with Gasteiger partial charge in [-0.3, -0.25) is 10.2 Å². The lowest BCUT2D eigenvalue weighted by molar-refractivity contribution is -0.129. The van der Waals surface area contributed by atoms with E-state index >= 15 is 0 Å². The van der Waals surface area contributed by atoms with Gasteiger partial charge in [-0.1, -0.05) is 127 Å². The SMILES string of the molecule is COc1ccccc1CCC(=O)NN(C(C)Cc1c[nH]c2ccccc12)C(c1ccccc1)(c1ccccc1)c1ccccc1. The summed E-state index contributed by atoms with van der Waals surface area (Å²) in [5.74, 6) is 0.737. The summed E-state index contributed by atoms with van der Waals surface area (Å²) in [6.07, 6.45) is 3.68. The van der Waals surface area contributed by atoms with E-state index in [1.807, 2.05) is 48.5 Å². The van der Waals surface area contributed by atoms with Crippen LogP contribution in [0.25, 0.3) is 10.9 Å². The number of H-pyrrole nitrogens is 1. The molecule has 1 atom stereocenters. The van der Waals surface area contributed by atoms with Gasteiger partial charge in [0.05, 0.1) is 7.11 Å². The molecule has 6 aromatic rings. The number of amides is 1. The molecule has 0 aliphatic carbocycles. The van der Waals surface area contributed by atoms with Crippen LogP contribution < -0.4 is 10.2 Å². The quantitative estimate of drug-likeness (QED) is 0.111. The summed E-state index contributed by atoms with van der Waals surface area (Å²) in [6, 6.07) is 47.7. The minimum Gasteiger partial charge on any atom is -0.496 e. The number of hydrogen-bond acceptors (Lipinski definition) is 3. The molecule has 1 unspecified atom stereocenters. The van der Waals surface area contributed by atoms with Gasteiger partial charge in [-0.15, -0.1) is 0 Å². The fraction of sp³-hybridized carbons (Fsp3) is 0.175. The second-order valence-electron chi connectivity index (χ2n) is 11.4. The Hall–Kier alpha value is -5.13. The van der Waals surface area contributed by atoms with Gasteiger partial charge < -0.3 is 9.72 Å². The molecular weight excluding hydrogens is 554 g/mol. The minimum atomic E-state index is -0.824. The third-order valence-electron chi connectivity index (χ3n) is 8.63. The number of rotatable bonds is 12. The third-order valence-corrected chi connectivity index (χ3v) is 8.63. The Balaban J connectivity index is 1.48. The summed E-state index contributed by atoms with van der Waals surface area (Å²) in [4.78, 5) is 17.5. The van der Waals surface area contributed by atoms with E-state index in [9.17, 15) is 4.79 Å². The van der Waals surface area contributed by atoms with Crippen LogP contribution in [-0.2, 0) is 23.2 Å². The lowest BCUT2D eigenvalue weighted by Crippen LogP contribution is -2.60. The maximum absolute atomic E-state index is 14.1. The van der Waals surface area contributed by atoms with Crippen molar-refractivity contribution in [2.45, 2.75) is 37.8 Å². The highest BCUT2D eigenvalue weighted by Crippen LogP contribution is 2.43. The van der Waals surface area contributed by atoms with Crippen LogP contribution in [0.5, 0.6) is 5.75 Å². The van der Waals surface area contributed by atoms with Crippen LogP contribution in [0.4, 0.5) is 0 Å². The number of aromatic nitrogens is 1. The molecule has 0 bridgehead atoms. The van der Waals surface area contributed by atoms with Crippen molar-refractivity contribution in [3.05, 3.63) is 174 Å². The van der Waals surface area contributed by atoms with Crippen LogP contribution in [0.1, 0.15) is 41.2 Å². The number of nitrogens with one attached hydrogen (secondary N) is 2. The zero-order valence-corrected chi connectivity index (χ0v) is 25.8. The van der Waals surface area contributed by atoms with Crippen LogP contribution in [0, 0.1) is 0 Å². The number of aryl methyl sites for hydroxylation is 1. The van der Waals surface area contributed by atoms with Gasteiger partial charge in [0.25, 0.3) is 0 Å². The minimum absolute atomic E-state index is 0.0566. The summed E-state index contributed by atoms with van der Waals surface area (Å²) < 4.78 is 5.57. The monoisotopic (exact) mass is 593 g/mol. The third kappa shape index (κ3) is 6.13. The highest BCUT2D eigenvalue weighted by molar-refractivity contribution is 5.83. The molecule has 5 aromatic carbocycles. The number of ether oxygens (including phenoxy) is 1. The number of aromatic amines is 1. The molecule has 45 heavy (non-hydrogen) atoms. The number of methoxy groups -OCH3 is 1. The number of hydrazine groups is 1. The number of hydrogen-bond donors (Lipinski definition) is 2. The molecule has 0 saturated heterocycles. The Kier molecular flexibility index (Phi) is 9.09. The normalized spacial score (nSPS) is 12.2. The standard InChI is InChI=1S/C40H39N3O2/c1-30(28-32-29-41-37-24-14-13-23-36(32)37)43(42-39(44)27-26-31-16-12-15-25-38(31)45-2)40(33-17-6-3-7-18-33,34-19-8-4-9-20-34)35-21-10-5-11-22-35/h3-25,29-30,41H,26-28H2,1-2H3,(H,42,44). The molecule has 0 saturated carbocycles. The van der Waals surface area contributed by atoms with Crippen LogP contribution in [0.3, 0.4) is 0 Å². The van der Waals surface area contributed by atoms with Gasteiger partial charge in [0, 0.05) is 29.6 Å². The second-order valence-corrected chi connectivity index (χ2v) is 11.4. The van der Waals surface area contributed by atoms with Crippen molar-refractivity contribution >= 4 is 16.8 Å². The first kappa shape index (κ1) is 29.9. The number of nitrogens with zero attached hydrogens (tertiary/aromatic N) is 1. The largest absolute Gasteiger partial charge is 0.496 e. The molecule has 0 spiro atoms. The molecule has 5 heteroatoms. The van der Waals surface area contributed by atoms with E-state index in [0.717, 1.165) is 33.5 Å².